The molecule has 0 aliphatic rings. The van der Waals surface area contributed by atoms with Gasteiger partial charge in [-0.3, -0.25) is 4.79 Å². The van der Waals surface area contributed by atoms with Crippen molar-refractivity contribution in [1.29, 1.82) is 0 Å². The highest BCUT2D eigenvalue weighted by atomic mass is 32.2. The Balaban J connectivity index is 1.65. The molecule has 1 heterocycles. The van der Waals surface area contributed by atoms with Crippen LogP contribution in [0.5, 0.6) is 11.5 Å². The van der Waals surface area contributed by atoms with Crippen molar-refractivity contribution in [2.45, 2.75) is 52.4 Å². The Morgan fingerprint density at radius 2 is 1.91 bits per heavy atom. The highest BCUT2D eigenvalue weighted by Crippen LogP contribution is 2.28. The molecule has 0 aliphatic heterocycles. The maximum absolute atomic E-state index is 12.5. The number of aromatic nitrogens is 3. The van der Waals surface area contributed by atoms with Crippen LogP contribution in [0, 0.1) is 13.8 Å². The molecule has 0 saturated carbocycles. The number of carbonyl (C=O) groups is 1. The number of amides is 1. The van der Waals surface area contributed by atoms with Crippen molar-refractivity contribution in [2.75, 3.05) is 17.7 Å². The summed E-state index contributed by atoms with van der Waals surface area (Å²) in [4.78, 5) is 12.5. The Kier molecular flexibility index (Phi) is 8.16. The van der Waals surface area contributed by atoms with E-state index in [9.17, 15) is 4.79 Å². The van der Waals surface area contributed by atoms with Gasteiger partial charge in [0.2, 0.25) is 5.91 Å². The molecule has 3 rings (SSSR count). The molecule has 170 valence electrons. The number of rotatable bonds is 10. The summed E-state index contributed by atoms with van der Waals surface area (Å²) in [6.45, 7) is 11.2. The average Bonchev–Trinajstić information content (AvgIpc) is 3.19. The van der Waals surface area contributed by atoms with Crippen LogP contribution < -0.4 is 14.8 Å². The van der Waals surface area contributed by atoms with E-state index in [-0.39, 0.29) is 17.8 Å². The fraction of sp³-hybridized carbons (Fsp3) is 0.375. The van der Waals surface area contributed by atoms with Crippen LogP contribution in [0.25, 0.3) is 0 Å². The van der Waals surface area contributed by atoms with E-state index in [1.165, 1.54) is 17.3 Å². The van der Waals surface area contributed by atoms with Gasteiger partial charge in [-0.05, 0) is 58.4 Å². The smallest absolute Gasteiger partial charge is 0.234 e. The Bertz CT molecular complexity index is 1070. The highest BCUT2D eigenvalue weighted by Gasteiger charge is 2.20. The fourth-order valence-electron chi connectivity index (χ4n) is 3.35. The molecule has 1 N–H and O–H groups in total. The zero-order chi connectivity index (χ0) is 23.1. The SMILES string of the molecule is CCOc1ccccc1NC(=O)CSc1nnc(C(C)Oc2ccc(C)cc2C)n1CC. The van der Waals surface area contributed by atoms with Crippen molar-refractivity contribution < 1.29 is 14.3 Å². The van der Waals surface area contributed by atoms with Crippen molar-refractivity contribution in [3.63, 3.8) is 0 Å². The van der Waals surface area contributed by atoms with Crippen molar-refractivity contribution in [3.8, 4) is 11.5 Å². The van der Waals surface area contributed by atoms with Crippen LogP contribution in [-0.2, 0) is 11.3 Å². The van der Waals surface area contributed by atoms with Crippen molar-refractivity contribution >= 4 is 23.4 Å². The van der Waals surface area contributed by atoms with Gasteiger partial charge in [0.15, 0.2) is 17.1 Å². The van der Waals surface area contributed by atoms with Crippen LogP contribution in [0.2, 0.25) is 0 Å². The molecule has 0 radical (unpaired) electrons. The van der Waals surface area contributed by atoms with E-state index in [1.54, 1.807) is 0 Å². The minimum Gasteiger partial charge on any atom is -0.492 e. The first-order valence-electron chi connectivity index (χ1n) is 10.7. The summed E-state index contributed by atoms with van der Waals surface area (Å²) in [5, 5.41) is 12.2. The second-order valence-electron chi connectivity index (χ2n) is 7.38. The molecule has 32 heavy (non-hydrogen) atoms. The second-order valence-corrected chi connectivity index (χ2v) is 8.32. The minimum absolute atomic E-state index is 0.131. The zero-order valence-electron chi connectivity index (χ0n) is 19.2. The second kappa shape index (κ2) is 11.0. The van der Waals surface area contributed by atoms with E-state index in [4.69, 9.17) is 9.47 Å². The van der Waals surface area contributed by atoms with E-state index in [2.05, 4.69) is 28.5 Å². The van der Waals surface area contributed by atoms with E-state index in [0.29, 0.717) is 29.7 Å². The molecule has 0 bridgehead atoms. The largest absolute Gasteiger partial charge is 0.492 e. The first-order valence-corrected chi connectivity index (χ1v) is 11.7. The molecule has 3 aromatic rings. The van der Waals surface area contributed by atoms with E-state index in [0.717, 1.165) is 17.1 Å². The van der Waals surface area contributed by atoms with Crippen LogP contribution in [0.4, 0.5) is 5.69 Å². The molecule has 0 spiro atoms. The van der Waals surface area contributed by atoms with Crippen LogP contribution in [0.3, 0.4) is 0 Å². The molecular weight excluding hydrogens is 424 g/mol. The van der Waals surface area contributed by atoms with Gasteiger partial charge in [-0.15, -0.1) is 10.2 Å². The quantitative estimate of drug-likeness (QED) is 0.425. The Labute approximate surface area is 193 Å². The first kappa shape index (κ1) is 23.7. The van der Waals surface area contributed by atoms with Crippen LogP contribution >= 0.6 is 11.8 Å². The maximum atomic E-state index is 12.5. The number of anilines is 1. The van der Waals surface area contributed by atoms with Crippen LogP contribution in [-0.4, -0.2) is 33.0 Å². The number of aryl methyl sites for hydroxylation is 2. The molecule has 0 fully saturated rings. The van der Waals surface area contributed by atoms with Gasteiger partial charge in [-0.1, -0.05) is 41.6 Å². The monoisotopic (exact) mass is 454 g/mol. The van der Waals surface area contributed by atoms with E-state index < -0.39 is 0 Å². The van der Waals surface area contributed by atoms with Crippen LogP contribution in [0.15, 0.2) is 47.6 Å². The third-order valence-corrected chi connectivity index (χ3v) is 5.82. The molecule has 1 amide bonds. The Morgan fingerprint density at radius 1 is 1.12 bits per heavy atom. The number of para-hydroxylation sites is 2. The Morgan fingerprint density at radius 3 is 2.62 bits per heavy atom. The highest BCUT2D eigenvalue weighted by molar-refractivity contribution is 7.99. The molecule has 1 aromatic heterocycles. The van der Waals surface area contributed by atoms with Gasteiger partial charge in [-0.25, -0.2) is 0 Å². The van der Waals surface area contributed by atoms with Gasteiger partial charge in [0.05, 0.1) is 18.0 Å². The number of benzene rings is 2. The molecule has 0 saturated heterocycles. The number of hydrogen-bond acceptors (Lipinski definition) is 6. The summed E-state index contributed by atoms with van der Waals surface area (Å²) >= 11 is 1.35. The third kappa shape index (κ3) is 5.82. The summed E-state index contributed by atoms with van der Waals surface area (Å²) in [6, 6.07) is 13.5. The van der Waals surface area contributed by atoms with Gasteiger partial charge in [0.25, 0.3) is 0 Å². The summed E-state index contributed by atoms with van der Waals surface area (Å²) < 4.78 is 13.7. The number of thioether (sulfide) groups is 1. The number of hydrogen-bond donors (Lipinski definition) is 1. The third-order valence-electron chi connectivity index (χ3n) is 4.85. The standard InChI is InChI=1S/C24H30N4O3S/c1-6-28-23(18(5)31-20-13-12-16(3)14-17(20)4)26-27-24(28)32-15-22(29)25-19-10-8-9-11-21(19)30-7-2/h8-14,18H,6-7,15H2,1-5H3,(H,25,29). The first-order chi connectivity index (χ1) is 15.4. The summed E-state index contributed by atoms with van der Waals surface area (Å²) in [7, 11) is 0. The number of nitrogens with one attached hydrogen (secondary N) is 1. The lowest BCUT2D eigenvalue weighted by atomic mass is 10.1. The lowest BCUT2D eigenvalue weighted by Gasteiger charge is -2.17. The van der Waals surface area contributed by atoms with E-state index >= 15 is 0 Å². The number of ether oxygens (including phenoxy) is 2. The molecule has 2 aromatic carbocycles. The molecule has 7 nitrogen and oxygen atoms in total. The number of nitrogens with zero attached hydrogens (tertiary/aromatic N) is 3. The van der Waals surface area contributed by atoms with Gasteiger partial charge in [0.1, 0.15) is 11.5 Å². The normalized spacial score (nSPS) is 11.8. The maximum Gasteiger partial charge on any atom is 0.234 e. The molecule has 8 heteroatoms. The summed E-state index contributed by atoms with van der Waals surface area (Å²) in [5.41, 5.74) is 2.94. The minimum atomic E-state index is -0.273. The van der Waals surface area contributed by atoms with Crippen LogP contribution in [0.1, 0.15) is 43.8 Å². The Hall–Kier alpha value is -3.00. The summed E-state index contributed by atoms with van der Waals surface area (Å²) in [6.07, 6.45) is -0.273. The van der Waals surface area contributed by atoms with Crippen molar-refractivity contribution in [1.82, 2.24) is 14.8 Å². The number of carbonyl (C=O) groups excluding carboxylic acids is 1. The molecule has 1 unspecified atom stereocenters. The van der Waals surface area contributed by atoms with Gasteiger partial charge in [0, 0.05) is 6.54 Å². The predicted molar refractivity (Wildman–Crippen MR) is 128 cm³/mol. The van der Waals surface area contributed by atoms with Crippen molar-refractivity contribution in [2.24, 2.45) is 0 Å². The van der Waals surface area contributed by atoms with Crippen molar-refractivity contribution in [3.05, 3.63) is 59.4 Å². The fourth-order valence-corrected chi connectivity index (χ4v) is 4.16. The summed E-state index contributed by atoms with van der Waals surface area (Å²) in [5.74, 6) is 2.30. The topological polar surface area (TPSA) is 78.3 Å². The molecule has 0 aliphatic carbocycles. The van der Waals surface area contributed by atoms with Gasteiger partial charge < -0.3 is 19.4 Å². The molecular formula is C24H30N4O3S. The molecule has 1 atom stereocenters. The van der Waals surface area contributed by atoms with Gasteiger partial charge in [-0.2, -0.15) is 0 Å². The zero-order valence-corrected chi connectivity index (χ0v) is 20.0. The lowest BCUT2D eigenvalue weighted by molar-refractivity contribution is -0.113. The predicted octanol–water partition coefficient (Wildman–Crippen LogP) is 5.18. The van der Waals surface area contributed by atoms with E-state index in [1.807, 2.05) is 68.7 Å². The lowest BCUT2D eigenvalue weighted by Crippen LogP contribution is -2.16. The van der Waals surface area contributed by atoms with Gasteiger partial charge >= 0.3 is 0 Å². The average molecular weight is 455 g/mol.